The lowest BCUT2D eigenvalue weighted by Crippen LogP contribution is -2.42. The maximum absolute atomic E-state index is 12.4. The minimum atomic E-state index is -0.429. The minimum absolute atomic E-state index is 0. The summed E-state index contributed by atoms with van der Waals surface area (Å²) in [6, 6.07) is 5.46. The number of likely N-dealkylation sites (N-methyl/N-ethyl adjacent to an activating group) is 1. The van der Waals surface area contributed by atoms with Gasteiger partial charge in [-0.15, -0.1) is 0 Å². The highest BCUT2D eigenvalue weighted by Crippen LogP contribution is 2.25. The van der Waals surface area contributed by atoms with Gasteiger partial charge in [0.15, 0.2) is 0 Å². The van der Waals surface area contributed by atoms with E-state index in [1.54, 1.807) is 12.1 Å². The quantitative estimate of drug-likeness (QED) is 0.378. The Kier molecular flexibility index (Phi) is 6.97. The fraction of sp³-hybridized carbons (Fsp3) is 0.400. The molecule has 144 valence electrons. The number of allylic oxidation sites excluding steroid dienone is 1. The smallest absolute Gasteiger partial charge is 0.269 e. The van der Waals surface area contributed by atoms with Crippen LogP contribution in [-0.4, -0.2) is 49.3 Å². The first-order chi connectivity index (χ1) is 12.4. The van der Waals surface area contributed by atoms with Crippen molar-refractivity contribution in [3.63, 3.8) is 0 Å². The number of benzene rings is 1. The van der Waals surface area contributed by atoms with E-state index in [0.717, 1.165) is 24.3 Å². The Bertz CT molecular complexity index is 735. The van der Waals surface area contributed by atoms with E-state index in [9.17, 15) is 4.79 Å². The van der Waals surface area contributed by atoms with Crippen molar-refractivity contribution in [2.75, 3.05) is 32.5 Å². The Morgan fingerprint density at radius 1 is 1.54 bits per heavy atom. The van der Waals surface area contributed by atoms with Crippen molar-refractivity contribution in [3.8, 4) is 0 Å². The number of hydrogen-bond acceptors (Lipinski definition) is 5. The summed E-state index contributed by atoms with van der Waals surface area (Å²) in [5.74, 6) is 0.347. The van der Waals surface area contributed by atoms with Crippen LogP contribution >= 0.6 is 0 Å². The number of carbonyl (C=O) groups excluding carboxylic acids is 1. The topological polar surface area (TPSA) is 91.4 Å². The molecule has 0 bridgehead atoms. The fourth-order valence-electron chi connectivity index (χ4n) is 2.60. The van der Waals surface area contributed by atoms with E-state index in [1.165, 1.54) is 0 Å². The Balaban J connectivity index is 0.00000364. The number of amides is 1. The number of nitrogens with one attached hydrogen (secondary N) is 2. The Labute approximate surface area is 158 Å². The van der Waals surface area contributed by atoms with Crippen LogP contribution in [0.5, 0.6) is 0 Å². The van der Waals surface area contributed by atoms with Gasteiger partial charge in [-0.25, -0.2) is 0 Å². The molecule has 4 N–H and O–H groups in total. The maximum Gasteiger partial charge on any atom is 0.269 e. The largest absolute Gasteiger partial charge is 0.493 e. The van der Waals surface area contributed by atoms with Gasteiger partial charge in [0, 0.05) is 45.2 Å². The molecule has 0 spiro atoms. The second-order valence-electron chi connectivity index (χ2n) is 6.45. The summed E-state index contributed by atoms with van der Waals surface area (Å²) in [6.45, 7) is 5.95. The molecule has 1 aromatic rings. The standard InChI is InChI=1S/C20H28N4O2.2H2/c1-4-5-10-24(3)14(2)13-23-20(25)19(22)16-12-15(8-9-17(16)21)18-7-6-11-26-18;;/h4-5,7-9,12,14,22H,6,10-11,13,21H2,1-3H3,(H,23,25);2*1H/t14-;;/m0../s1. The van der Waals surface area contributed by atoms with Crippen LogP contribution in [0.1, 0.15) is 34.2 Å². The highest BCUT2D eigenvalue weighted by molar-refractivity contribution is 6.45. The molecule has 0 saturated carbocycles. The summed E-state index contributed by atoms with van der Waals surface area (Å²) in [7, 11) is 2.00. The van der Waals surface area contributed by atoms with Crippen molar-refractivity contribution in [1.82, 2.24) is 10.2 Å². The molecule has 0 saturated heterocycles. The van der Waals surface area contributed by atoms with Crippen LogP contribution in [-0.2, 0) is 9.53 Å². The molecule has 1 aliphatic rings. The first-order valence-corrected chi connectivity index (χ1v) is 8.85. The number of nitrogens with zero attached hydrogens (tertiary/aromatic N) is 1. The van der Waals surface area contributed by atoms with Gasteiger partial charge >= 0.3 is 0 Å². The highest BCUT2D eigenvalue weighted by Gasteiger charge is 2.18. The van der Waals surface area contributed by atoms with E-state index in [1.807, 2.05) is 39.1 Å². The number of ether oxygens (including phenoxy) is 1. The zero-order chi connectivity index (χ0) is 19.1. The zero-order valence-corrected chi connectivity index (χ0v) is 15.7. The number of nitrogens with two attached hydrogens (primary N) is 1. The first kappa shape index (κ1) is 19.7. The fourth-order valence-corrected chi connectivity index (χ4v) is 2.60. The van der Waals surface area contributed by atoms with Gasteiger partial charge < -0.3 is 15.8 Å². The molecule has 6 nitrogen and oxygen atoms in total. The molecule has 1 heterocycles. The predicted molar refractivity (Wildman–Crippen MR) is 110 cm³/mol. The van der Waals surface area contributed by atoms with E-state index < -0.39 is 5.91 Å². The van der Waals surface area contributed by atoms with Crippen LogP contribution in [0.4, 0.5) is 5.69 Å². The summed E-state index contributed by atoms with van der Waals surface area (Å²) >= 11 is 0. The molecule has 1 aliphatic heterocycles. The summed E-state index contributed by atoms with van der Waals surface area (Å²) in [5.41, 5.74) is 7.52. The van der Waals surface area contributed by atoms with Gasteiger partial charge in [0.05, 0.1) is 6.61 Å². The van der Waals surface area contributed by atoms with Crippen molar-refractivity contribution >= 4 is 23.1 Å². The molecule has 1 atom stereocenters. The maximum atomic E-state index is 12.4. The molecule has 2 rings (SSSR count). The zero-order valence-electron chi connectivity index (χ0n) is 15.7. The summed E-state index contributed by atoms with van der Waals surface area (Å²) in [4.78, 5) is 14.5. The third-order valence-electron chi connectivity index (χ3n) is 4.48. The number of rotatable bonds is 8. The van der Waals surface area contributed by atoms with E-state index in [4.69, 9.17) is 15.9 Å². The van der Waals surface area contributed by atoms with Gasteiger partial charge in [0.2, 0.25) is 0 Å². The number of nitrogen functional groups attached to an aromatic ring is 1. The van der Waals surface area contributed by atoms with Crippen molar-refractivity contribution in [1.29, 1.82) is 5.41 Å². The van der Waals surface area contributed by atoms with Gasteiger partial charge in [-0.3, -0.25) is 15.1 Å². The third kappa shape index (κ3) is 4.95. The SMILES string of the molecule is CC=CCN(C)[C@@H](C)CNC(=O)C(=N)c1cc(C2=CCCO2)ccc1N.[HH].[HH]. The van der Waals surface area contributed by atoms with Crippen molar-refractivity contribution in [2.24, 2.45) is 0 Å². The van der Waals surface area contributed by atoms with E-state index in [-0.39, 0.29) is 14.6 Å². The molecule has 0 aromatic heterocycles. The lowest BCUT2D eigenvalue weighted by atomic mass is 10.0. The molecule has 0 fully saturated rings. The number of anilines is 1. The molecule has 1 amide bonds. The van der Waals surface area contributed by atoms with Crippen molar-refractivity contribution in [3.05, 3.63) is 47.6 Å². The predicted octanol–water partition coefficient (Wildman–Crippen LogP) is 2.90. The van der Waals surface area contributed by atoms with E-state index >= 15 is 0 Å². The third-order valence-corrected chi connectivity index (χ3v) is 4.48. The summed E-state index contributed by atoms with van der Waals surface area (Å²) in [6.07, 6.45) is 6.93. The molecule has 0 unspecified atom stereocenters. The summed E-state index contributed by atoms with van der Waals surface area (Å²) < 4.78 is 5.55. The van der Waals surface area contributed by atoms with E-state index in [0.29, 0.717) is 24.4 Å². The second kappa shape index (κ2) is 9.20. The molecule has 1 aromatic carbocycles. The molecule has 0 radical (unpaired) electrons. The van der Waals surface area contributed by atoms with Gasteiger partial charge in [-0.05, 0) is 45.2 Å². The van der Waals surface area contributed by atoms with Crippen molar-refractivity contribution in [2.45, 2.75) is 26.3 Å². The Morgan fingerprint density at radius 2 is 2.31 bits per heavy atom. The summed E-state index contributed by atoms with van der Waals surface area (Å²) in [5, 5.41) is 11.1. The van der Waals surface area contributed by atoms with Crippen LogP contribution < -0.4 is 11.1 Å². The van der Waals surface area contributed by atoms with Crippen LogP contribution in [0, 0.1) is 5.41 Å². The Hall–Kier alpha value is -2.60. The van der Waals surface area contributed by atoms with Gasteiger partial charge in [-0.2, -0.15) is 0 Å². The monoisotopic (exact) mass is 360 g/mol. The van der Waals surface area contributed by atoms with Gasteiger partial charge in [0.25, 0.3) is 5.91 Å². The van der Waals surface area contributed by atoms with Gasteiger partial charge in [0.1, 0.15) is 11.5 Å². The Morgan fingerprint density at radius 3 is 2.96 bits per heavy atom. The molecular formula is C20H32N4O2. The molecular weight excluding hydrogens is 328 g/mol. The van der Waals surface area contributed by atoms with Crippen LogP contribution in [0.2, 0.25) is 0 Å². The average molecular weight is 361 g/mol. The number of carbonyl (C=O) groups is 1. The molecule has 0 aliphatic carbocycles. The highest BCUT2D eigenvalue weighted by atomic mass is 16.5. The van der Waals surface area contributed by atoms with Crippen LogP contribution in [0.25, 0.3) is 5.76 Å². The molecule has 6 heteroatoms. The minimum Gasteiger partial charge on any atom is -0.493 e. The van der Waals surface area contributed by atoms with Crippen molar-refractivity contribution < 1.29 is 12.4 Å². The lowest BCUT2D eigenvalue weighted by Gasteiger charge is -2.23. The number of hydrogen-bond donors (Lipinski definition) is 3. The average Bonchev–Trinajstić information content (AvgIpc) is 3.18. The van der Waals surface area contributed by atoms with Crippen LogP contribution in [0.3, 0.4) is 0 Å². The van der Waals surface area contributed by atoms with E-state index in [2.05, 4.69) is 16.3 Å². The second-order valence-corrected chi connectivity index (χ2v) is 6.45. The molecule has 26 heavy (non-hydrogen) atoms. The van der Waals surface area contributed by atoms with Gasteiger partial charge in [-0.1, -0.05) is 12.2 Å². The first-order valence-electron chi connectivity index (χ1n) is 8.85. The lowest BCUT2D eigenvalue weighted by molar-refractivity contribution is -0.115. The van der Waals surface area contributed by atoms with Crippen LogP contribution in [0.15, 0.2) is 36.4 Å². The normalized spacial score (nSPS) is 15.0.